The first-order valence-corrected chi connectivity index (χ1v) is 10.5. The van der Waals surface area contributed by atoms with Crippen LogP contribution >= 0.6 is 0 Å². The van der Waals surface area contributed by atoms with Gasteiger partial charge in [0.05, 0.1) is 13.2 Å². The molecule has 0 saturated carbocycles. The Morgan fingerprint density at radius 1 is 0.760 bits per heavy atom. The van der Waals surface area contributed by atoms with Crippen LogP contribution in [-0.2, 0) is 25.4 Å². The smallest absolute Gasteiger partial charge is 0.248 e. The molecule has 0 aliphatic heterocycles. The monoisotopic (exact) mass is 379 g/mol. The molecule has 0 aliphatic rings. The van der Waals surface area contributed by atoms with Gasteiger partial charge in [0.2, 0.25) is 0 Å². The second-order valence-corrected chi connectivity index (χ2v) is 7.45. The normalized spacial score (nSPS) is 11.2. The minimum absolute atomic E-state index is 0. The molecule has 0 heterocycles. The van der Waals surface area contributed by atoms with Crippen LogP contribution in [0.3, 0.4) is 0 Å². The van der Waals surface area contributed by atoms with Crippen molar-refractivity contribution >= 4 is 40.0 Å². The summed E-state index contributed by atoms with van der Waals surface area (Å²) >= 11 is 0. The summed E-state index contributed by atoms with van der Waals surface area (Å²) in [6.07, 6.45) is 12.1. The van der Waals surface area contributed by atoms with Crippen LogP contribution in [0.1, 0.15) is 76.7 Å². The van der Waals surface area contributed by atoms with E-state index in [-0.39, 0.29) is 42.8 Å². The Balaban J connectivity index is 0.00000576. The van der Waals surface area contributed by atoms with Gasteiger partial charge in [-0.2, -0.15) is 8.42 Å². The van der Waals surface area contributed by atoms with E-state index in [2.05, 4.69) is 6.92 Å². The maximum Gasteiger partial charge on any atom is 0.400 e. The molecule has 1 rings (SSSR count). The van der Waals surface area contributed by atoms with Crippen LogP contribution in [0, 0.1) is 0 Å². The van der Waals surface area contributed by atoms with Crippen molar-refractivity contribution in [2.45, 2.75) is 77.7 Å². The first-order valence-electron chi connectivity index (χ1n) is 9.22. The molecule has 0 aliphatic carbocycles. The molecule has 1 radical (unpaired) electrons. The molecule has 0 aromatic heterocycles. The van der Waals surface area contributed by atoms with Crippen molar-refractivity contribution in [3.8, 4) is 0 Å². The average Bonchev–Trinajstić information content (AvgIpc) is 2.59. The van der Waals surface area contributed by atoms with E-state index in [4.69, 9.17) is 8.37 Å². The predicted molar refractivity (Wildman–Crippen MR) is 104 cm³/mol. The van der Waals surface area contributed by atoms with E-state index in [0.717, 1.165) is 24.8 Å². The van der Waals surface area contributed by atoms with Crippen LogP contribution in [-0.4, -0.2) is 44.6 Å². The number of benzene rings is 1. The molecular weight excluding hydrogens is 347 g/mol. The summed E-state index contributed by atoms with van der Waals surface area (Å²) in [5.41, 5.74) is 0.809. The van der Waals surface area contributed by atoms with Gasteiger partial charge in [0.25, 0.3) is 0 Å². The van der Waals surface area contributed by atoms with E-state index in [0.29, 0.717) is 0 Å². The van der Waals surface area contributed by atoms with E-state index in [1.165, 1.54) is 44.9 Å². The van der Waals surface area contributed by atoms with E-state index in [9.17, 15) is 8.42 Å². The Hall–Kier alpha value is 0.0900. The van der Waals surface area contributed by atoms with Crippen LogP contribution in [0.4, 0.5) is 0 Å². The third-order valence-corrected chi connectivity index (χ3v) is 4.80. The minimum Gasteiger partial charge on any atom is -0.248 e. The van der Waals surface area contributed by atoms with Crippen LogP contribution < -0.4 is 0 Å². The SMILES string of the molecule is CCCCCCCCCCCCOS(=O)(=O)OCc1ccccc1.[Na]. The third kappa shape index (κ3) is 14.9. The Kier molecular flexibility index (Phi) is 16.3. The second kappa shape index (κ2) is 16.3. The van der Waals surface area contributed by atoms with Gasteiger partial charge < -0.3 is 0 Å². The Labute approximate surface area is 176 Å². The number of rotatable bonds is 15. The van der Waals surface area contributed by atoms with Gasteiger partial charge in [-0.05, 0) is 12.0 Å². The van der Waals surface area contributed by atoms with Gasteiger partial charge in [0.15, 0.2) is 0 Å². The number of unbranched alkanes of at least 4 members (excludes halogenated alkanes) is 9. The van der Waals surface area contributed by atoms with E-state index in [1.54, 1.807) is 0 Å². The molecule has 0 saturated heterocycles. The van der Waals surface area contributed by atoms with Gasteiger partial charge in [-0.15, -0.1) is 0 Å². The molecule has 139 valence electrons. The standard InChI is InChI=1S/C19H32O4S.Na/c1-2-3-4-5-6-7-8-9-10-14-17-22-24(20,21)23-18-19-15-12-11-13-16-19;/h11-13,15-16H,2-10,14,17-18H2,1H3;. The molecule has 0 amide bonds. The van der Waals surface area contributed by atoms with Gasteiger partial charge in [0.1, 0.15) is 0 Å². The van der Waals surface area contributed by atoms with Crippen molar-refractivity contribution in [1.82, 2.24) is 0 Å². The largest absolute Gasteiger partial charge is 0.400 e. The molecular formula is C19H32NaO4S. The summed E-state index contributed by atoms with van der Waals surface area (Å²) in [6, 6.07) is 9.20. The molecule has 0 N–H and O–H groups in total. The summed E-state index contributed by atoms with van der Waals surface area (Å²) in [7, 11) is -3.89. The Bertz CT molecular complexity index is 505. The molecule has 0 unspecified atom stereocenters. The van der Waals surface area contributed by atoms with Crippen molar-refractivity contribution in [3.05, 3.63) is 35.9 Å². The van der Waals surface area contributed by atoms with Crippen LogP contribution in [0.5, 0.6) is 0 Å². The fourth-order valence-electron chi connectivity index (χ4n) is 2.50. The molecule has 6 heteroatoms. The molecule has 1 aromatic rings. The zero-order chi connectivity index (χ0) is 17.5. The summed E-state index contributed by atoms with van der Waals surface area (Å²) in [6.45, 7) is 2.45. The van der Waals surface area contributed by atoms with Crippen molar-refractivity contribution in [1.29, 1.82) is 0 Å². The average molecular weight is 380 g/mol. The van der Waals surface area contributed by atoms with Gasteiger partial charge in [-0.3, -0.25) is 0 Å². The molecule has 0 bridgehead atoms. The number of hydrogen-bond acceptors (Lipinski definition) is 4. The molecule has 1 aromatic carbocycles. The first kappa shape index (κ1) is 25.1. The van der Waals surface area contributed by atoms with Crippen molar-refractivity contribution in [2.75, 3.05) is 6.61 Å². The quantitative estimate of drug-likeness (QED) is 0.318. The van der Waals surface area contributed by atoms with Crippen molar-refractivity contribution in [2.24, 2.45) is 0 Å². The van der Waals surface area contributed by atoms with Crippen LogP contribution in [0.15, 0.2) is 30.3 Å². The fourth-order valence-corrected chi connectivity index (χ4v) is 3.17. The summed E-state index contributed by atoms with van der Waals surface area (Å²) in [5, 5.41) is 0. The summed E-state index contributed by atoms with van der Waals surface area (Å²) in [4.78, 5) is 0. The molecule has 0 fully saturated rings. The molecule has 0 atom stereocenters. The summed E-state index contributed by atoms with van der Waals surface area (Å²) in [5.74, 6) is 0. The van der Waals surface area contributed by atoms with Gasteiger partial charge in [-0.1, -0.05) is 95.0 Å². The molecule has 0 spiro atoms. The Morgan fingerprint density at radius 2 is 1.28 bits per heavy atom. The maximum absolute atomic E-state index is 11.6. The minimum atomic E-state index is -3.89. The van der Waals surface area contributed by atoms with Crippen molar-refractivity contribution in [3.63, 3.8) is 0 Å². The van der Waals surface area contributed by atoms with Gasteiger partial charge >= 0.3 is 10.4 Å². The Morgan fingerprint density at radius 3 is 1.84 bits per heavy atom. The van der Waals surface area contributed by atoms with Gasteiger partial charge in [0, 0.05) is 29.6 Å². The first-order chi connectivity index (χ1) is 11.6. The fraction of sp³-hybridized carbons (Fsp3) is 0.684. The second-order valence-electron chi connectivity index (χ2n) is 6.16. The van der Waals surface area contributed by atoms with E-state index >= 15 is 0 Å². The van der Waals surface area contributed by atoms with Crippen LogP contribution in [0.25, 0.3) is 0 Å². The van der Waals surface area contributed by atoms with E-state index in [1.807, 2.05) is 30.3 Å². The molecule has 25 heavy (non-hydrogen) atoms. The van der Waals surface area contributed by atoms with Crippen LogP contribution in [0.2, 0.25) is 0 Å². The zero-order valence-electron chi connectivity index (χ0n) is 15.9. The van der Waals surface area contributed by atoms with E-state index < -0.39 is 10.4 Å². The zero-order valence-corrected chi connectivity index (χ0v) is 18.7. The predicted octanol–water partition coefficient (Wildman–Crippen LogP) is 5.00. The van der Waals surface area contributed by atoms with Crippen molar-refractivity contribution < 1.29 is 16.8 Å². The maximum atomic E-state index is 11.6. The third-order valence-electron chi connectivity index (χ3n) is 3.94. The summed E-state index contributed by atoms with van der Waals surface area (Å²) < 4.78 is 33.0. The molecule has 4 nitrogen and oxygen atoms in total. The van der Waals surface area contributed by atoms with Gasteiger partial charge in [-0.25, -0.2) is 8.37 Å². The topological polar surface area (TPSA) is 52.6 Å². The number of hydrogen-bond donors (Lipinski definition) is 0.